The first-order chi connectivity index (χ1) is 9.22. The number of nitrogen functional groups attached to an aromatic ring is 1. The van der Waals surface area contributed by atoms with Crippen molar-refractivity contribution < 1.29 is 8.42 Å². The van der Waals surface area contributed by atoms with E-state index >= 15 is 0 Å². The summed E-state index contributed by atoms with van der Waals surface area (Å²) in [5.74, 6) is -0.0774. The van der Waals surface area contributed by atoms with Crippen molar-refractivity contribution in [1.82, 2.24) is 20.2 Å². The Morgan fingerprint density at radius 1 is 1.25 bits per heavy atom. The van der Waals surface area contributed by atoms with Crippen LogP contribution < -0.4 is 10.5 Å². The fraction of sp³-hybridized carbons (Fsp3) is 0.364. The molecule has 1 aromatic carbocycles. The van der Waals surface area contributed by atoms with Gasteiger partial charge in [0.25, 0.3) is 16.0 Å². The molecule has 3 N–H and O–H groups in total. The molecule has 0 spiro atoms. The molecule has 1 aromatic heterocycles. The van der Waals surface area contributed by atoms with Crippen LogP contribution in [0.3, 0.4) is 0 Å². The predicted molar refractivity (Wildman–Crippen MR) is 74.7 cm³/mol. The highest BCUT2D eigenvalue weighted by atomic mass is 32.2. The summed E-state index contributed by atoms with van der Waals surface area (Å²) >= 11 is 0. The molecule has 0 fully saturated rings. The van der Waals surface area contributed by atoms with Gasteiger partial charge in [0.15, 0.2) is 0 Å². The largest absolute Gasteiger partial charge is 0.398 e. The minimum absolute atomic E-state index is 0.0774. The molecule has 0 aliphatic heterocycles. The Hall–Kier alpha value is -2.16. The Morgan fingerprint density at radius 2 is 1.90 bits per heavy atom. The molecule has 2 aromatic rings. The fourth-order valence-corrected chi connectivity index (χ4v) is 3.45. The molecule has 0 aliphatic carbocycles. The van der Waals surface area contributed by atoms with E-state index in [9.17, 15) is 8.42 Å². The van der Waals surface area contributed by atoms with E-state index in [2.05, 4.69) is 20.1 Å². The minimum atomic E-state index is -3.81. The molecule has 108 valence electrons. The van der Waals surface area contributed by atoms with Crippen molar-refractivity contribution in [2.24, 2.45) is 7.05 Å². The van der Waals surface area contributed by atoms with E-state index < -0.39 is 10.0 Å². The van der Waals surface area contributed by atoms with Crippen molar-refractivity contribution in [1.29, 1.82) is 0 Å². The van der Waals surface area contributed by atoms with Crippen LogP contribution in [0.5, 0.6) is 0 Å². The molecule has 0 saturated heterocycles. The molecule has 0 unspecified atom stereocenters. The van der Waals surface area contributed by atoms with Gasteiger partial charge in [0.2, 0.25) is 0 Å². The van der Waals surface area contributed by atoms with Crippen molar-refractivity contribution in [3.05, 3.63) is 22.8 Å². The predicted octanol–water partition coefficient (Wildman–Crippen LogP) is 0.518. The zero-order valence-electron chi connectivity index (χ0n) is 11.7. The van der Waals surface area contributed by atoms with Gasteiger partial charge in [-0.2, -0.15) is 4.80 Å². The summed E-state index contributed by atoms with van der Waals surface area (Å²) in [5, 5.41) is 11.0. The summed E-state index contributed by atoms with van der Waals surface area (Å²) in [6, 6.07) is 1.75. The third-order valence-electron chi connectivity index (χ3n) is 3.08. The molecule has 8 nitrogen and oxygen atoms in total. The van der Waals surface area contributed by atoms with Crippen molar-refractivity contribution in [2.45, 2.75) is 25.7 Å². The van der Waals surface area contributed by atoms with Crippen LogP contribution in [0.15, 0.2) is 11.0 Å². The highest BCUT2D eigenvalue weighted by Crippen LogP contribution is 2.28. The molecule has 0 bridgehead atoms. The highest BCUT2D eigenvalue weighted by Gasteiger charge is 2.23. The lowest BCUT2D eigenvalue weighted by Gasteiger charge is -2.15. The zero-order valence-corrected chi connectivity index (χ0v) is 12.5. The molecule has 0 atom stereocenters. The number of nitrogens with one attached hydrogen (secondary N) is 1. The van der Waals surface area contributed by atoms with E-state index in [-0.39, 0.29) is 10.8 Å². The standard InChI is InChI=1S/C11H16N6O2S/c1-6-5-9(12)8(3)10(7(6)2)20(18,19)15-11-13-16-17(4)14-11/h5H,12H2,1-4H3,(H,14,15). The number of rotatable bonds is 3. The summed E-state index contributed by atoms with van der Waals surface area (Å²) < 4.78 is 27.2. The smallest absolute Gasteiger partial charge is 0.277 e. The topological polar surface area (TPSA) is 116 Å². The average molecular weight is 296 g/mol. The summed E-state index contributed by atoms with van der Waals surface area (Å²) in [4.78, 5) is 1.32. The number of aromatic nitrogens is 4. The molecule has 20 heavy (non-hydrogen) atoms. The van der Waals surface area contributed by atoms with Crippen molar-refractivity contribution in [3.8, 4) is 0 Å². The normalized spacial score (nSPS) is 11.6. The Balaban J connectivity index is 2.55. The Labute approximate surface area is 117 Å². The molecule has 0 radical (unpaired) electrons. The van der Waals surface area contributed by atoms with Crippen LogP contribution in [0.25, 0.3) is 0 Å². The Kier molecular flexibility index (Phi) is 3.38. The van der Waals surface area contributed by atoms with E-state index in [1.165, 1.54) is 4.80 Å². The number of aryl methyl sites for hydroxylation is 2. The maximum atomic E-state index is 12.5. The molecule has 0 saturated carbocycles. The lowest BCUT2D eigenvalue weighted by atomic mass is 10.1. The van der Waals surface area contributed by atoms with Gasteiger partial charge in [0.05, 0.1) is 11.9 Å². The van der Waals surface area contributed by atoms with Crippen LogP contribution in [0, 0.1) is 20.8 Å². The summed E-state index contributed by atoms with van der Waals surface area (Å²) in [7, 11) is -2.27. The van der Waals surface area contributed by atoms with Gasteiger partial charge in [-0.1, -0.05) is 5.10 Å². The van der Waals surface area contributed by atoms with Gasteiger partial charge < -0.3 is 5.73 Å². The molecular formula is C11H16N6O2S. The summed E-state index contributed by atoms with van der Waals surface area (Å²) in [6.07, 6.45) is 0. The van der Waals surface area contributed by atoms with Gasteiger partial charge in [-0.25, -0.2) is 13.1 Å². The van der Waals surface area contributed by atoms with Crippen molar-refractivity contribution in [3.63, 3.8) is 0 Å². The molecular weight excluding hydrogens is 280 g/mol. The maximum Gasteiger partial charge on any atom is 0.277 e. The van der Waals surface area contributed by atoms with Crippen LogP contribution in [0.2, 0.25) is 0 Å². The van der Waals surface area contributed by atoms with Crippen LogP contribution in [0.1, 0.15) is 16.7 Å². The van der Waals surface area contributed by atoms with E-state index in [0.29, 0.717) is 16.8 Å². The molecule has 0 amide bonds. The summed E-state index contributed by atoms with van der Waals surface area (Å²) in [5.41, 5.74) is 8.23. The SMILES string of the molecule is Cc1cc(N)c(C)c(S(=O)(=O)Nc2nnn(C)n2)c1C. The Morgan fingerprint density at radius 3 is 2.45 bits per heavy atom. The highest BCUT2D eigenvalue weighted by molar-refractivity contribution is 7.92. The van der Waals surface area contributed by atoms with Gasteiger partial charge in [0.1, 0.15) is 0 Å². The number of nitrogens with two attached hydrogens (primary N) is 1. The number of benzene rings is 1. The van der Waals surface area contributed by atoms with E-state index in [1.807, 2.05) is 6.92 Å². The van der Waals surface area contributed by atoms with Crippen molar-refractivity contribution in [2.75, 3.05) is 10.5 Å². The van der Waals surface area contributed by atoms with E-state index in [0.717, 1.165) is 5.56 Å². The second-order valence-electron chi connectivity index (χ2n) is 4.57. The number of nitrogens with zero attached hydrogens (tertiary/aromatic N) is 4. The number of hydrogen-bond donors (Lipinski definition) is 2. The lowest BCUT2D eigenvalue weighted by molar-refractivity contribution is 0.599. The number of anilines is 2. The van der Waals surface area contributed by atoms with Gasteiger partial charge in [-0.3, -0.25) is 0 Å². The number of hydrogen-bond acceptors (Lipinski definition) is 6. The van der Waals surface area contributed by atoms with Crippen LogP contribution in [-0.2, 0) is 17.1 Å². The van der Waals surface area contributed by atoms with Crippen LogP contribution in [0.4, 0.5) is 11.6 Å². The molecule has 0 aliphatic rings. The third kappa shape index (κ3) is 2.44. The first-order valence-corrected chi connectivity index (χ1v) is 7.34. The quantitative estimate of drug-likeness (QED) is 0.798. The Bertz CT molecular complexity index is 739. The monoisotopic (exact) mass is 296 g/mol. The molecule has 1 heterocycles. The lowest BCUT2D eigenvalue weighted by Crippen LogP contribution is -2.18. The molecule has 9 heteroatoms. The van der Waals surface area contributed by atoms with Crippen LogP contribution in [-0.4, -0.2) is 28.6 Å². The third-order valence-corrected chi connectivity index (χ3v) is 4.68. The first kappa shape index (κ1) is 14.3. The second kappa shape index (κ2) is 4.75. The minimum Gasteiger partial charge on any atom is -0.398 e. The zero-order chi connectivity index (χ0) is 15.1. The van der Waals surface area contributed by atoms with Crippen LogP contribution >= 0.6 is 0 Å². The maximum absolute atomic E-state index is 12.5. The van der Waals surface area contributed by atoms with E-state index in [4.69, 9.17) is 5.73 Å². The van der Waals surface area contributed by atoms with Gasteiger partial charge in [0, 0.05) is 5.69 Å². The van der Waals surface area contributed by atoms with Gasteiger partial charge in [-0.05, 0) is 48.7 Å². The fourth-order valence-electron chi connectivity index (χ4n) is 1.94. The molecule has 2 rings (SSSR count). The van der Waals surface area contributed by atoms with Crippen molar-refractivity contribution >= 4 is 21.7 Å². The second-order valence-corrected chi connectivity index (χ2v) is 6.19. The first-order valence-electron chi connectivity index (χ1n) is 5.85. The van der Waals surface area contributed by atoms with Gasteiger partial charge in [-0.15, -0.1) is 5.10 Å². The van der Waals surface area contributed by atoms with E-state index in [1.54, 1.807) is 27.0 Å². The summed E-state index contributed by atoms with van der Waals surface area (Å²) in [6.45, 7) is 5.21. The van der Waals surface area contributed by atoms with Gasteiger partial charge >= 0.3 is 0 Å². The number of tetrazole rings is 1. The average Bonchev–Trinajstić information content (AvgIpc) is 2.71. The number of sulfonamides is 1.